The minimum absolute atomic E-state index is 0.259. The zero-order chi connectivity index (χ0) is 19.2. The summed E-state index contributed by atoms with van der Waals surface area (Å²) in [5.74, 6) is 1.97. The number of nitrogens with zero attached hydrogens (tertiary/aromatic N) is 5. The molecule has 1 aromatic carbocycles. The predicted molar refractivity (Wildman–Crippen MR) is 101 cm³/mol. The minimum atomic E-state index is -1.07. The Bertz CT molecular complexity index is 811. The summed E-state index contributed by atoms with van der Waals surface area (Å²) in [6, 6.07) is 7.32. The van der Waals surface area contributed by atoms with Crippen LogP contribution in [0.1, 0.15) is 56.8 Å². The first kappa shape index (κ1) is 18.9. The average molecular weight is 371 g/mol. The van der Waals surface area contributed by atoms with E-state index >= 15 is 0 Å². The van der Waals surface area contributed by atoms with E-state index in [-0.39, 0.29) is 6.54 Å². The third-order valence-corrected chi connectivity index (χ3v) is 4.71. The highest BCUT2D eigenvalue weighted by Gasteiger charge is 2.25. The van der Waals surface area contributed by atoms with Crippen molar-refractivity contribution in [2.24, 2.45) is 5.10 Å². The number of para-hydroxylation sites is 1. The molecule has 1 fully saturated rings. The van der Waals surface area contributed by atoms with Gasteiger partial charge in [-0.05, 0) is 38.8 Å². The lowest BCUT2D eigenvalue weighted by Gasteiger charge is -2.21. The zero-order valence-electron chi connectivity index (χ0n) is 15.7. The molecule has 2 aromatic rings. The van der Waals surface area contributed by atoms with Crippen molar-refractivity contribution in [3.8, 4) is 5.75 Å². The third-order valence-electron chi connectivity index (χ3n) is 4.71. The third kappa shape index (κ3) is 4.10. The Morgan fingerprint density at radius 2 is 2.07 bits per heavy atom. The fourth-order valence-corrected chi connectivity index (χ4v) is 3.43. The van der Waals surface area contributed by atoms with Crippen molar-refractivity contribution in [1.29, 1.82) is 0 Å². The van der Waals surface area contributed by atoms with E-state index in [0.717, 1.165) is 31.5 Å². The van der Waals surface area contributed by atoms with Gasteiger partial charge in [-0.25, -0.2) is 9.47 Å². The highest BCUT2D eigenvalue weighted by molar-refractivity contribution is 6.07. The van der Waals surface area contributed by atoms with Crippen LogP contribution in [0.25, 0.3) is 0 Å². The number of benzene rings is 1. The van der Waals surface area contributed by atoms with Crippen molar-refractivity contribution in [2.45, 2.75) is 45.4 Å². The molecule has 1 aliphatic rings. The molecule has 0 spiro atoms. The van der Waals surface area contributed by atoms with Gasteiger partial charge in [0.15, 0.2) is 11.7 Å². The number of aromatic nitrogens is 3. The summed E-state index contributed by atoms with van der Waals surface area (Å²) >= 11 is 0. The topological polar surface area (TPSA) is 92.8 Å². The second-order valence-electron chi connectivity index (χ2n) is 6.39. The van der Waals surface area contributed by atoms with Gasteiger partial charge in [0.25, 0.3) is 0 Å². The second kappa shape index (κ2) is 8.66. The number of rotatable bonds is 6. The van der Waals surface area contributed by atoms with Crippen LogP contribution in [0.3, 0.4) is 0 Å². The minimum Gasteiger partial charge on any atom is -0.493 e. The quantitative estimate of drug-likeness (QED) is 0.619. The Kier molecular flexibility index (Phi) is 6.05. The van der Waals surface area contributed by atoms with Crippen molar-refractivity contribution in [3.05, 3.63) is 42.0 Å². The molecule has 0 unspecified atom stereocenters. The van der Waals surface area contributed by atoms with Crippen LogP contribution in [-0.2, 0) is 0 Å². The largest absolute Gasteiger partial charge is 0.493 e. The van der Waals surface area contributed by atoms with Crippen LogP contribution in [0.2, 0.25) is 0 Å². The van der Waals surface area contributed by atoms with Gasteiger partial charge in [0.2, 0.25) is 0 Å². The van der Waals surface area contributed by atoms with Gasteiger partial charge in [-0.15, -0.1) is 15.3 Å². The van der Waals surface area contributed by atoms with Gasteiger partial charge in [-0.3, -0.25) is 4.90 Å². The Hall–Kier alpha value is -2.90. The van der Waals surface area contributed by atoms with Gasteiger partial charge >= 0.3 is 6.09 Å². The monoisotopic (exact) mass is 371 g/mol. The Balaban J connectivity index is 2.10. The van der Waals surface area contributed by atoms with Crippen molar-refractivity contribution >= 4 is 11.9 Å². The molecule has 1 N–H and O–H groups in total. The van der Waals surface area contributed by atoms with Crippen molar-refractivity contribution in [3.63, 3.8) is 0 Å². The van der Waals surface area contributed by atoms with Crippen LogP contribution in [0.5, 0.6) is 5.75 Å². The summed E-state index contributed by atoms with van der Waals surface area (Å²) < 4.78 is 7.31. The molecule has 1 saturated carbocycles. The second-order valence-corrected chi connectivity index (χ2v) is 6.39. The molecule has 8 heteroatoms. The number of carbonyl (C=O) groups is 1. The van der Waals surface area contributed by atoms with Crippen LogP contribution in [0.4, 0.5) is 4.79 Å². The lowest BCUT2D eigenvalue weighted by Crippen LogP contribution is -2.37. The first-order chi connectivity index (χ1) is 13.2. The molecule has 0 atom stereocenters. The Morgan fingerprint density at radius 1 is 1.33 bits per heavy atom. The molecule has 144 valence electrons. The molecule has 1 aromatic heterocycles. The molecular weight excluding hydrogens is 346 g/mol. The van der Waals surface area contributed by atoms with Crippen LogP contribution in [0, 0.1) is 0 Å². The van der Waals surface area contributed by atoms with E-state index in [1.807, 2.05) is 31.2 Å². The van der Waals surface area contributed by atoms with E-state index in [1.165, 1.54) is 11.2 Å². The number of amides is 1. The maximum absolute atomic E-state index is 11.8. The average Bonchev–Trinajstić information content (AvgIpc) is 3.33. The number of amidine groups is 1. The fraction of sp³-hybridized carbons (Fsp3) is 0.474. The van der Waals surface area contributed by atoms with Crippen LogP contribution in [-0.4, -0.2) is 50.0 Å². The fourth-order valence-electron chi connectivity index (χ4n) is 3.43. The molecular formula is C19H25N5O3. The molecule has 27 heavy (non-hydrogen) atoms. The van der Waals surface area contributed by atoms with Crippen LogP contribution < -0.4 is 4.74 Å². The summed E-state index contributed by atoms with van der Waals surface area (Å²) in [6.45, 7) is 4.40. The summed E-state index contributed by atoms with van der Waals surface area (Å²) in [7, 11) is 0. The summed E-state index contributed by atoms with van der Waals surface area (Å²) in [5, 5.41) is 22.6. The number of ether oxygens (including phenoxy) is 1. The molecule has 3 rings (SSSR count). The zero-order valence-corrected chi connectivity index (χ0v) is 15.7. The maximum Gasteiger partial charge on any atom is 0.413 e. The molecule has 8 nitrogen and oxygen atoms in total. The van der Waals surface area contributed by atoms with Crippen molar-refractivity contribution in [1.82, 2.24) is 19.8 Å². The summed E-state index contributed by atoms with van der Waals surface area (Å²) in [5.41, 5.74) is 0.620. The smallest absolute Gasteiger partial charge is 0.413 e. The Morgan fingerprint density at radius 3 is 2.74 bits per heavy atom. The van der Waals surface area contributed by atoms with Gasteiger partial charge < -0.3 is 9.84 Å². The first-order valence-corrected chi connectivity index (χ1v) is 9.37. The molecule has 0 radical (unpaired) electrons. The normalized spacial score (nSPS) is 15.1. The van der Waals surface area contributed by atoms with E-state index < -0.39 is 6.09 Å². The van der Waals surface area contributed by atoms with Gasteiger partial charge in [-0.1, -0.05) is 25.0 Å². The van der Waals surface area contributed by atoms with Gasteiger partial charge in [-0.2, -0.15) is 0 Å². The predicted octanol–water partition coefficient (Wildman–Crippen LogP) is 3.54. The van der Waals surface area contributed by atoms with E-state index in [9.17, 15) is 9.90 Å². The summed E-state index contributed by atoms with van der Waals surface area (Å²) in [6.07, 6.45) is 4.89. The highest BCUT2D eigenvalue weighted by Crippen LogP contribution is 2.33. The van der Waals surface area contributed by atoms with Crippen molar-refractivity contribution in [2.75, 3.05) is 13.2 Å². The molecule has 1 heterocycles. The lowest BCUT2D eigenvalue weighted by molar-refractivity contribution is 0.170. The highest BCUT2D eigenvalue weighted by atomic mass is 16.5. The first-order valence-electron chi connectivity index (χ1n) is 9.37. The molecule has 1 aliphatic carbocycles. The number of hydrogen-bond donors (Lipinski definition) is 1. The van der Waals surface area contributed by atoms with Gasteiger partial charge in [0.1, 0.15) is 12.1 Å². The van der Waals surface area contributed by atoms with Gasteiger partial charge in [0, 0.05) is 12.5 Å². The maximum atomic E-state index is 11.8. The molecule has 0 aliphatic heterocycles. The van der Waals surface area contributed by atoms with Crippen LogP contribution >= 0.6 is 0 Å². The van der Waals surface area contributed by atoms with Crippen molar-refractivity contribution < 1.29 is 14.6 Å². The van der Waals surface area contributed by atoms with E-state index in [1.54, 1.807) is 11.6 Å². The van der Waals surface area contributed by atoms with Gasteiger partial charge in [0.05, 0.1) is 12.2 Å². The number of hydrogen-bond acceptors (Lipinski definition) is 5. The Labute approximate surface area is 158 Å². The molecule has 0 saturated heterocycles. The van der Waals surface area contributed by atoms with E-state index in [4.69, 9.17) is 4.74 Å². The summed E-state index contributed by atoms with van der Waals surface area (Å²) in [4.78, 5) is 13.1. The lowest BCUT2D eigenvalue weighted by atomic mass is 10.1. The molecule has 0 bridgehead atoms. The number of carboxylic acid groups (broad SMARTS) is 1. The van der Waals surface area contributed by atoms with E-state index in [2.05, 4.69) is 15.3 Å². The molecule has 1 amide bonds. The van der Waals surface area contributed by atoms with E-state index in [0.29, 0.717) is 29.7 Å². The van der Waals surface area contributed by atoms with Crippen LogP contribution in [0.15, 0.2) is 35.7 Å². The SMILES string of the molecule is CCOc1ccccc1C(=Nn1cnnc1C1CCCC1)N(CC)C(=O)O. The standard InChI is InChI=1S/C19H25N5O3/c1-3-23(19(25)26)18(15-11-7-8-12-16(15)27-4-2)22-24-13-20-21-17(24)14-9-5-6-10-14/h7-8,11-14H,3-6,9-10H2,1-2H3,(H,25,26).